The van der Waals surface area contributed by atoms with Gasteiger partial charge >= 0.3 is 0 Å². The van der Waals surface area contributed by atoms with Crippen LogP contribution >= 0.6 is 11.6 Å². The Balaban J connectivity index is 1.95. The van der Waals surface area contributed by atoms with Crippen molar-refractivity contribution in [2.24, 2.45) is 0 Å². The van der Waals surface area contributed by atoms with E-state index in [1.54, 1.807) is 25.1 Å². The molecule has 158 valence electrons. The molecule has 29 heavy (non-hydrogen) atoms. The van der Waals surface area contributed by atoms with Crippen LogP contribution in [0.4, 0.5) is 4.39 Å². The monoisotopic (exact) mass is 426 g/mol. The van der Waals surface area contributed by atoms with Crippen molar-refractivity contribution in [2.75, 3.05) is 6.61 Å². The van der Waals surface area contributed by atoms with E-state index in [0.717, 1.165) is 5.56 Å². The van der Waals surface area contributed by atoms with Crippen LogP contribution in [0, 0.1) is 12.7 Å². The lowest BCUT2D eigenvalue weighted by Crippen LogP contribution is -2.51. The summed E-state index contributed by atoms with van der Waals surface area (Å²) in [6.45, 7) is 1.14. The molecule has 0 bridgehead atoms. The SMILES string of the molecule is Cc1ccc(Cc2c(Cl)cc(CO)cc2O[C@@H]2O[C@H](CO)C[C@H](O)[C@H]2O)c(F)c1. The molecule has 0 radical (unpaired) electrons. The van der Waals surface area contributed by atoms with Crippen molar-refractivity contribution in [3.63, 3.8) is 0 Å². The Kier molecular flexibility index (Phi) is 7.10. The molecule has 1 aliphatic heterocycles. The number of aryl methyl sites for hydroxylation is 1. The van der Waals surface area contributed by atoms with Crippen LogP contribution < -0.4 is 4.74 Å². The lowest BCUT2D eigenvalue weighted by molar-refractivity contribution is -0.240. The largest absolute Gasteiger partial charge is 0.462 e. The molecule has 4 N–H and O–H groups in total. The fourth-order valence-electron chi connectivity index (χ4n) is 3.27. The number of rotatable bonds is 6. The maximum atomic E-state index is 14.4. The summed E-state index contributed by atoms with van der Waals surface area (Å²) in [5.41, 5.74) is 2.09. The van der Waals surface area contributed by atoms with Gasteiger partial charge in [-0.2, -0.15) is 0 Å². The molecule has 2 aromatic rings. The van der Waals surface area contributed by atoms with Crippen LogP contribution in [0.25, 0.3) is 0 Å². The molecule has 1 saturated heterocycles. The van der Waals surface area contributed by atoms with Gasteiger partial charge in [0.15, 0.2) is 0 Å². The smallest absolute Gasteiger partial charge is 0.229 e. The molecule has 8 heteroatoms. The zero-order chi connectivity index (χ0) is 21.1. The number of benzene rings is 2. The van der Waals surface area contributed by atoms with Crippen molar-refractivity contribution in [3.8, 4) is 5.75 Å². The fourth-order valence-corrected chi connectivity index (χ4v) is 3.58. The highest BCUT2D eigenvalue weighted by atomic mass is 35.5. The summed E-state index contributed by atoms with van der Waals surface area (Å²) in [7, 11) is 0. The Morgan fingerprint density at radius 3 is 2.62 bits per heavy atom. The van der Waals surface area contributed by atoms with E-state index < -0.39 is 24.6 Å². The average Bonchev–Trinajstić information content (AvgIpc) is 2.68. The first-order valence-corrected chi connectivity index (χ1v) is 9.66. The molecule has 1 fully saturated rings. The van der Waals surface area contributed by atoms with E-state index in [1.165, 1.54) is 12.1 Å². The predicted octanol–water partition coefficient (Wildman–Crippen LogP) is 2.08. The summed E-state index contributed by atoms with van der Waals surface area (Å²) in [6.07, 6.45) is -4.27. The first-order chi connectivity index (χ1) is 13.8. The molecular formula is C21H24ClFO6. The van der Waals surface area contributed by atoms with Gasteiger partial charge in [0.25, 0.3) is 0 Å². The first-order valence-electron chi connectivity index (χ1n) is 9.28. The van der Waals surface area contributed by atoms with Crippen LogP contribution in [0.2, 0.25) is 5.02 Å². The fraction of sp³-hybridized carbons (Fsp3) is 0.429. The minimum absolute atomic E-state index is 0.0659. The van der Waals surface area contributed by atoms with Gasteiger partial charge in [-0.1, -0.05) is 23.7 Å². The minimum Gasteiger partial charge on any atom is -0.462 e. The third-order valence-electron chi connectivity index (χ3n) is 4.92. The Bertz CT molecular complexity index is 861. The molecule has 0 saturated carbocycles. The van der Waals surface area contributed by atoms with E-state index >= 15 is 0 Å². The molecule has 2 aromatic carbocycles. The quantitative estimate of drug-likeness (QED) is 0.564. The number of aliphatic hydroxyl groups is 4. The molecule has 0 unspecified atom stereocenters. The van der Waals surface area contributed by atoms with Crippen molar-refractivity contribution in [2.45, 2.75) is 51.0 Å². The topological polar surface area (TPSA) is 99.4 Å². The Morgan fingerprint density at radius 2 is 1.97 bits per heavy atom. The number of halogens is 2. The van der Waals surface area contributed by atoms with Gasteiger partial charge < -0.3 is 29.9 Å². The second-order valence-electron chi connectivity index (χ2n) is 7.20. The summed E-state index contributed by atoms with van der Waals surface area (Å²) in [6, 6.07) is 7.94. The van der Waals surface area contributed by atoms with Crippen LogP contribution in [0.1, 0.15) is 28.7 Å². The lowest BCUT2D eigenvalue weighted by Gasteiger charge is -2.36. The molecular weight excluding hydrogens is 403 g/mol. The first kappa shape index (κ1) is 22.0. The van der Waals surface area contributed by atoms with E-state index in [9.17, 15) is 24.8 Å². The molecule has 0 amide bonds. The Morgan fingerprint density at radius 1 is 1.21 bits per heavy atom. The van der Waals surface area contributed by atoms with Crippen molar-refractivity contribution < 1.29 is 34.3 Å². The van der Waals surface area contributed by atoms with Gasteiger partial charge in [-0.15, -0.1) is 0 Å². The normalized spacial score (nSPS) is 24.5. The van der Waals surface area contributed by atoms with Crippen molar-refractivity contribution >= 4 is 11.6 Å². The van der Waals surface area contributed by atoms with Gasteiger partial charge in [0.1, 0.15) is 17.7 Å². The highest BCUT2D eigenvalue weighted by Crippen LogP contribution is 2.34. The van der Waals surface area contributed by atoms with E-state index in [4.69, 9.17) is 21.1 Å². The van der Waals surface area contributed by atoms with Gasteiger partial charge in [0.05, 0.1) is 25.4 Å². The van der Waals surface area contributed by atoms with E-state index in [1.807, 2.05) is 0 Å². The van der Waals surface area contributed by atoms with Crippen LogP contribution in [0.5, 0.6) is 5.75 Å². The summed E-state index contributed by atoms with van der Waals surface area (Å²) in [5.74, 6) is -0.195. The summed E-state index contributed by atoms with van der Waals surface area (Å²) in [4.78, 5) is 0. The summed E-state index contributed by atoms with van der Waals surface area (Å²) in [5, 5.41) is 39.3. The molecule has 1 heterocycles. The van der Waals surface area contributed by atoms with E-state index in [-0.39, 0.29) is 42.6 Å². The minimum atomic E-state index is -1.35. The number of aliphatic hydroxyl groups excluding tert-OH is 4. The van der Waals surface area contributed by atoms with E-state index in [2.05, 4.69) is 0 Å². The van der Waals surface area contributed by atoms with Gasteiger partial charge in [0, 0.05) is 23.4 Å². The van der Waals surface area contributed by atoms with Gasteiger partial charge in [0.2, 0.25) is 6.29 Å². The number of hydrogen-bond acceptors (Lipinski definition) is 6. The average molecular weight is 427 g/mol. The lowest BCUT2D eigenvalue weighted by atomic mass is 10.00. The molecule has 4 atom stereocenters. The molecule has 6 nitrogen and oxygen atoms in total. The summed E-state index contributed by atoms with van der Waals surface area (Å²) < 4.78 is 25.7. The second kappa shape index (κ2) is 9.38. The van der Waals surface area contributed by atoms with Crippen LogP contribution in [0.15, 0.2) is 30.3 Å². The molecule has 0 spiro atoms. The molecule has 0 aromatic heterocycles. The maximum absolute atomic E-state index is 14.4. The highest BCUT2D eigenvalue weighted by Gasteiger charge is 2.38. The maximum Gasteiger partial charge on any atom is 0.229 e. The molecule has 0 aliphatic carbocycles. The highest BCUT2D eigenvalue weighted by molar-refractivity contribution is 6.31. The zero-order valence-corrected chi connectivity index (χ0v) is 16.6. The number of ether oxygens (including phenoxy) is 2. The third kappa shape index (κ3) is 5.06. The standard InChI is InChI=1S/C21H24ClFO6/c1-11-2-3-13(17(23)4-11)7-15-16(22)5-12(9-24)6-19(15)29-21-20(27)18(26)8-14(10-25)28-21/h2-6,14,18,20-21,24-27H,7-10H2,1H3/t14-,18-,20+,21-/m0/s1. The number of hydrogen-bond donors (Lipinski definition) is 4. The molecule has 3 rings (SSSR count). The van der Waals surface area contributed by atoms with Crippen LogP contribution in [-0.4, -0.2) is 51.6 Å². The van der Waals surface area contributed by atoms with Gasteiger partial charge in [-0.05, 0) is 41.8 Å². The van der Waals surface area contributed by atoms with Crippen LogP contribution in [-0.2, 0) is 17.8 Å². The van der Waals surface area contributed by atoms with Gasteiger partial charge in [-0.3, -0.25) is 0 Å². The van der Waals surface area contributed by atoms with Crippen LogP contribution in [0.3, 0.4) is 0 Å². The van der Waals surface area contributed by atoms with Crippen molar-refractivity contribution in [1.29, 1.82) is 0 Å². The van der Waals surface area contributed by atoms with Crippen molar-refractivity contribution in [1.82, 2.24) is 0 Å². The Labute approximate surface area is 173 Å². The third-order valence-corrected chi connectivity index (χ3v) is 5.26. The predicted molar refractivity (Wildman–Crippen MR) is 104 cm³/mol. The Hall–Kier alpha value is -1.74. The summed E-state index contributed by atoms with van der Waals surface area (Å²) >= 11 is 6.38. The molecule has 1 aliphatic rings. The zero-order valence-electron chi connectivity index (χ0n) is 15.9. The van der Waals surface area contributed by atoms with E-state index in [0.29, 0.717) is 16.7 Å². The van der Waals surface area contributed by atoms with Crippen molar-refractivity contribution in [3.05, 3.63) is 63.4 Å². The van der Waals surface area contributed by atoms with Gasteiger partial charge in [-0.25, -0.2) is 4.39 Å². The second-order valence-corrected chi connectivity index (χ2v) is 7.61.